The number of nitrogens with one attached hydrogen (secondary N) is 1. The van der Waals surface area contributed by atoms with Crippen LogP contribution in [0.15, 0.2) is 46.0 Å². The summed E-state index contributed by atoms with van der Waals surface area (Å²) in [7, 11) is 0. The molecule has 1 aliphatic rings. The zero-order valence-corrected chi connectivity index (χ0v) is 15.6. The van der Waals surface area contributed by atoms with E-state index >= 15 is 0 Å². The molecule has 0 saturated carbocycles. The van der Waals surface area contributed by atoms with Gasteiger partial charge in [0.25, 0.3) is 0 Å². The molecule has 1 N–H and O–H groups in total. The quantitative estimate of drug-likeness (QED) is 0.614. The van der Waals surface area contributed by atoms with Gasteiger partial charge in [0.05, 0.1) is 6.54 Å². The Balaban J connectivity index is 2.00. The summed E-state index contributed by atoms with van der Waals surface area (Å²) in [6, 6.07) is 1.63. The van der Waals surface area contributed by atoms with E-state index in [2.05, 4.69) is 10.3 Å². The van der Waals surface area contributed by atoms with E-state index in [9.17, 15) is 22.4 Å². The number of hydrogen-bond donors (Lipinski definition) is 1. The van der Waals surface area contributed by atoms with Gasteiger partial charge in [-0.3, -0.25) is 4.79 Å². The van der Waals surface area contributed by atoms with Gasteiger partial charge in [-0.25, -0.2) is 13.2 Å². The van der Waals surface area contributed by atoms with Crippen LogP contribution in [0.2, 0.25) is 0 Å². The van der Waals surface area contributed by atoms with E-state index in [0.717, 1.165) is 36.0 Å². The van der Waals surface area contributed by atoms with Crippen molar-refractivity contribution in [2.45, 2.75) is 33.7 Å². The lowest BCUT2D eigenvalue weighted by molar-refractivity contribution is 0.444. The highest BCUT2D eigenvalue weighted by Gasteiger charge is 2.19. The molecular weight excluding hydrogens is 374 g/mol. The normalized spacial score (nSPS) is 17.0. The Morgan fingerprint density at radius 3 is 2.43 bits per heavy atom. The first-order chi connectivity index (χ1) is 13.2. The summed E-state index contributed by atoms with van der Waals surface area (Å²) in [5.74, 6) is -5.24. The highest BCUT2D eigenvalue weighted by molar-refractivity contribution is 5.43. The summed E-state index contributed by atoms with van der Waals surface area (Å²) < 4.78 is 55.2. The number of anilines is 1. The fourth-order valence-electron chi connectivity index (χ4n) is 3.10. The molecule has 1 atom stereocenters. The molecule has 4 nitrogen and oxygen atoms in total. The molecule has 28 heavy (non-hydrogen) atoms. The minimum atomic E-state index is -1.58. The summed E-state index contributed by atoms with van der Waals surface area (Å²) in [6.07, 6.45) is 3.63. The van der Waals surface area contributed by atoms with Gasteiger partial charge >= 0.3 is 5.56 Å². The Kier molecular flexibility index (Phi) is 5.40. The lowest BCUT2D eigenvalue weighted by Gasteiger charge is -2.25. The largest absolute Gasteiger partial charge is 0.329 e. The first-order valence-corrected chi connectivity index (χ1v) is 8.71. The van der Waals surface area contributed by atoms with Crippen molar-refractivity contribution >= 4 is 5.95 Å². The third kappa shape index (κ3) is 4.00. The smallest absolute Gasteiger partial charge is 0.310 e. The molecule has 148 valence electrons. The summed E-state index contributed by atoms with van der Waals surface area (Å²) in [6.45, 7) is 5.77. The molecule has 2 aromatic rings. The van der Waals surface area contributed by atoms with Gasteiger partial charge in [-0.15, -0.1) is 0 Å². The third-order valence-electron chi connectivity index (χ3n) is 4.79. The molecule has 3 rings (SSSR count). The second-order valence-electron chi connectivity index (χ2n) is 7.01. The molecule has 0 saturated heterocycles. The maximum Gasteiger partial charge on any atom is 0.310 e. The average Bonchev–Trinajstić information content (AvgIpc) is 2.61. The Morgan fingerprint density at radius 1 is 1.14 bits per heavy atom. The van der Waals surface area contributed by atoms with Crippen molar-refractivity contribution < 1.29 is 17.6 Å². The van der Waals surface area contributed by atoms with Crippen molar-refractivity contribution in [2.24, 2.45) is 5.92 Å². The predicted molar refractivity (Wildman–Crippen MR) is 97.7 cm³/mol. The molecule has 8 heteroatoms. The number of benzene rings is 1. The lowest BCUT2D eigenvalue weighted by Crippen LogP contribution is -2.23. The fourth-order valence-corrected chi connectivity index (χ4v) is 3.10. The van der Waals surface area contributed by atoms with E-state index in [1.54, 1.807) is 0 Å². The number of aromatic nitrogens is 2. The SMILES string of the molecule is CC1=C(C)CC(C)C(Nc2nc(=O)c(F)cn2Cc2cc(F)c(F)c(F)c2)=C1. The van der Waals surface area contributed by atoms with Gasteiger partial charge in [0.2, 0.25) is 11.8 Å². The van der Waals surface area contributed by atoms with E-state index in [1.165, 1.54) is 10.1 Å². The molecule has 1 aromatic carbocycles. The first-order valence-electron chi connectivity index (χ1n) is 8.71. The molecule has 0 radical (unpaired) electrons. The van der Waals surface area contributed by atoms with Crippen molar-refractivity contribution in [3.05, 3.63) is 80.4 Å². The molecule has 1 aromatic heterocycles. The van der Waals surface area contributed by atoms with Crippen LogP contribution in [0.4, 0.5) is 23.5 Å². The molecule has 0 amide bonds. The van der Waals surface area contributed by atoms with Gasteiger partial charge in [0.15, 0.2) is 17.5 Å². The second-order valence-corrected chi connectivity index (χ2v) is 7.01. The Bertz CT molecular complexity index is 1030. The molecule has 0 fully saturated rings. The van der Waals surface area contributed by atoms with Crippen molar-refractivity contribution in [1.29, 1.82) is 0 Å². The Morgan fingerprint density at radius 2 is 1.79 bits per heavy atom. The zero-order valence-electron chi connectivity index (χ0n) is 15.6. The fraction of sp³-hybridized carbons (Fsp3) is 0.300. The molecular formula is C20H19F4N3O. The zero-order chi connectivity index (χ0) is 20.6. The van der Waals surface area contributed by atoms with E-state index in [0.29, 0.717) is 0 Å². The van der Waals surface area contributed by atoms with Gasteiger partial charge in [0.1, 0.15) is 0 Å². The van der Waals surface area contributed by atoms with Crippen LogP contribution in [0.25, 0.3) is 0 Å². The minimum absolute atomic E-state index is 0.0296. The first kappa shape index (κ1) is 19.9. The Hall–Kier alpha value is -2.90. The Labute approximate surface area is 159 Å². The van der Waals surface area contributed by atoms with E-state index < -0.39 is 28.8 Å². The monoisotopic (exact) mass is 393 g/mol. The van der Waals surface area contributed by atoms with Crippen molar-refractivity contribution in [3.8, 4) is 0 Å². The van der Waals surface area contributed by atoms with Gasteiger partial charge in [0, 0.05) is 11.9 Å². The molecule has 1 unspecified atom stereocenters. The van der Waals surface area contributed by atoms with E-state index in [1.807, 2.05) is 26.8 Å². The number of hydrogen-bond acceptors (Lipinski definition) is 3. The highest BCUT2D eigenvalue weighted by Crippen LogP contribution is 2.29. The van der Waals surface area contributed by atoms with Crippen LogP contribution in [-0.4, -0.2) is 9.55 Å². The minimum Gasteiger partial charge on any atom is -0.329 e. The summed E-state index contributed by atoms with van der Waals surface area (Å²) in [5, 5.41) is 3.03. The predicted octanol–water partition coefficient (Wildman–Crippen LogP) is 4.52. The van der Waals surface area contributed by atoms with Crippen LogP contribution in [-0.2, 0) is 6.54 Å². The van der Waals surface area contributed by atoms with Crippen molar-refractivity contribution in [2.75, 3.05) is 5.32 Å². The molecule has 1 aliphatic carbocycles. The topological polar surface area (TPSA) is 46.9 Å². The molecule has 1 heterocycles. The number of nitrogens with zero attached hydrogens (tertiary/aromatic N) is 2. The van der Waals surface area contributed by atoms with Crippen molar-refractivity contribution in [3.63, 3.8) is 0 Å². The number of allylic oxidation sites excluding steroid dienone is 4. The van der Waals surface area contributed by atoms with Gasteiger partial charge in [-0.05, 0) is 50.0 Å². The van der Waals surface area contributed by atoms with Gasteiger partial charge in [-0.2, -0.15) is 9.37 Å². The summed E-state index contributed by atoms with van der Waals surface area (Å²) >= 11 is 0. The van der Waals surface area contributed by atoms with Crippen molar-refractivity contribution in [1.82, 2.24) is 9.55 Å². The van der Waals surface area contributed by atoms with Crippen LogP contribution < -0.4 is 10.9 Å². The standard InChI is InChI=1S/C20H19F4N3O/c1-10-4-12(3)17(5-11(10)2)25-20-26-19(28)16(23)9-27(20)8-13-6-14(21)18(24)15(22)7-13/h5-7,9,12H,4,8H2,1-3H3,(H,25,26,28). The molecule has 0 aliphatic heterocycles. The second kappa shape index (κ2) is 7.61. The maximum absolute atomic E-state index is 13.8. The van der Waals surface area contributed by atoms with Crippen LogP contribution >= 0.6 is 0 Å². The lowest BCUT2D eigenvalue weighted by atomic mass is 9.89. The van der Waals surface area contributed by atoms with Gasteiger partial charge < -0.3 is 9.88 Å². The molecule has 0 spiro atoms. The average molecular weight is 393 g/mol. The third-order valence-corrected chi connectivity index (χ3v) is 4.79. The maximum atomic E-state index is 13.8. The number of rotatable bonds is 4. The van der Waals surface area contributed by atoms with Crippen LogP contribution in [0, 0.1) is 29.2 Å². The molecule has 0 bridgehead atoms. The summed E-state index contributed by atoms with van der Waals surface area (Å²) in [5.41, 5.74) is 2.09. The number of halogens is 4. The highest BCUT2D eigenvalue weighted by atomic mass is 19.2. The summed E-state index contributed by atoms with van der Waals surface area (Å²) in [4.78, 5) is 15.4. The van der Waals surface area contributed by atoms with E-state index in [4.69, 9.17) is 0 Å². The van der Waals surface area contributed by atoms with Crippen LogP contribution in [0.5, 0.6) is 0 Å². The van der Waals surface area contributed by atoms with Crippen LogP contribution in [0.3, 0.4) is 0 Å². The van der Waals surface area contributed by atoms with E-state index in [-0.39, 0.29) is 24.0 Å². The van der Waals surface area contributed by atoms with Crippen LogP contribution in [0.1, 0.15) is 32.8 Å². The van der Waals surface area contributed by atoms with Gasteiger partial charge in [-0.1, -0.05) is 18.1 Å².